The molecule has 0 aliphatic carbocycles. The fraction of sp³-hybridized carbons (Fsp3) is 0.857. The van der Waals surface area contributed by atoms with E-state index in [4.69, 9.17) is 19.9 Å². The van der Waals surface area contributed by atoms with Gasteiger partial charge >= 0.3 is 0 Å². The van der Waals surface area contributed by atoms with Gasteiger partial charge in [0, 0.05) is 24.6 Å². The van der Waals surface area contributed by atoms with Gasteiger partial charge in [-0.15, -0.1) is 0 Å². The van der Waals surface area contributed by atoms with Crippen LogP contribution in [0, 0.1) is 0 Å². The summed E-state index contributed by atoms with van der Waals surface area (Å²) >= 11 is 0. The van der Waals surface area contributed by atoms with Crippen LogP contribution in [0.2, 0.25) is 0 Å². The number of unbranched alkanes of at least 4 members (excludes halogenated alkanes) is 27. The lowest BCUT2D eigenvalue weighted by Gasteiger charge is -2.21. The Morgan fingerprint density at radius 3 is 1.30 bits per heavy atom. The maximum absolute atomic E-state index is 6.33. The quantitative estimate of drug-likeness (QED) is 0.0583. The molecule has 0 amide bonds. The van der Waals surface area contributed by atoms with E-state index in [-0.39, 0.29) is 6.29 Å². The third kappa shape index (κ3) is 25.8. The van der Waals surface area contributed by atoms with Gasteiger partial charge in [0.2, 0.25) is 0 Å². The summed E-state index contributed by atoms with van der Waals surface area (Å²) in [5, 5.41) is 0. The van der Waals surface area contributed by atoms with Crippen molar-refractivity contribution < 1.29 is 14.2 Å². The topological polar surface area (TPSA) is 53.7 Å². The van der Waals surface area contributed by atoms with Crippen molar-refractivity contribution in [3.63, 3.8) is 0 Å². The predicted molar refractivity (Wildman–Crippen MR) is 201 cm³/mol. The molecule has 0 fully saturated rings. The van der Waals surface area contributed by atoms with Gasteiger partial charge in [0.15, 0.2) is 6.29 Å². The molecular weight excluding hydrogens is 566 g/mol. The summed E-state index contributed by atoms with van der Waals surface area (Å²) in [7, 11) is 1.69. The zero-order valence-electron chi connectivity index (χ0n) is 31.2. The first-order valence-electron chi connectivity index (χ1n) is 20.4. The second kappa shape index (κ2) is 33.6. The minimum atomic E-state index is -0.196. The average molecular weight is 646 g/mol. The minimum absolute atomic E-state index is 0.196. The van der Waals surface area contributed by atoms with Gasteiger partial charge < -0.3 is 19.9 Å². The number of benzene rings is 1. The summed E-state index contributed by atoms with van der Waals surface area (Å²) in [5.41, 5.74) is 6.86. The smallest absolute Gasteiger partial charge is 0.199 e. The standard InChI is InChI=1S/C42H79NO3/c1-4-6-8-10-12-14-15-16-17-18-19-20-21-22-23-24-26-28-30-32-36-45-42(33-31-29-27-25-13-11-9-7-5-2)46-40-35-34-39(38-43)41(37-40)44-3/h34-35,37,42H,4-33,36,38,43H2,1-3H3. The maximum Gasteiger partial charge on any atom is 0.199 e. The fourth-order valence-corrected chi connectivity index (χ4v) is 6.49. The van der Waals surface area contributed by atoms with Crippen LogP contribution in [0.3, 0.4) is 0 Å². The summed E-state index contributed by atoms with van der Waals surface area (Å²) in [6.45, 7) is 5.82. The summed E-state index contributed by atoms with van der Waals surface area (Å²) in [4.78, 5) is 0. The number of methoxy groups -OCH3 is 1. The van der Waals surface area contributed by atoms with Crippen molar-refractivity contribution in [2.24, 2.45) is 5.73 Å². The second-order valence-electron chi connectivity index (χ2n) is 13.9. The Kier molecular flexibility index (Phi) is 31.3. The first-order chi connectivity index (χ1) is 22.7. The van der Waals surface area contributed by atoms with Crippen LogP contribution >= 0.6 is 0 Å². The Labute approximate surface area is 287 Å². The molecule has 1 atom stereocenters. The van der Waals surface area contributed by atoms with Crippen molar-refractivity contribution in [3.05, 3.63) is 23.8 Å². The predicted octanol–water partition coefficient (Wildman–Crippen LogP) is 13.6. The molecule has 0 bridgehead atoms. The van der Waals surface area contributed by atoms with E-state index < -0.39 is 0 Å². The highest BCUT2D eigenvalue weighted by molar-refractivity contribution is 5.40. The van der Waals surface area contributed by atoms with Crippen LogP contribution in [-0.2, 0) is 11.3 Å². The Morgan fingerprint density at radius 2 is 0.913 bits per heavy atom. The SMILES string of the molecule is CCCCCCCCCCCCCCCCCCCCCCOC(CCCCCCCCCCC)Oc1ccc(CN)c(OC)c1. The molecule has 4 heteroatoms. The molecule has 0 aliphatic heterocycles. The van der Waals surface area contributed by atoms with Gasteiger partial charge in [0.1, 0.15) is 11.5 Å². The summed E-state index contributed by atoms with van der Waals surface area (Å²) in [6, 6.07) is 5.95. The Morgan fingerprint density at radius 1 is 0.522 bits per heavy atom. The van der Waals surface area contributed by atoms with Gasteiger partial charge in [-0.1, -0.05) is 193 Å². The van der Waals surface area contributed by atoms with E-state index in [0.717, 1.165) is 42.9 Å². The van der Waals surface area contributed by atoms with Gasteiger partial charge in [-0.2, -0.15) is 0 Å². The van der Waals surface area contributed by atoms with E-state index in [1.165, 1.54) is 173 Å². The largest absolute Gasteiger partial charge is 0.496 e. The monoisotopic (exact) mass is 646 g/mol. The van der Waals surface area contributed by atoms with E-state index in [2.05, 4.69) is 13.8 Å². The molecule has 1 rings (SSSR count). The van der Waals surface area contributed by atoms with Gasteiger partial charge in [-0.05, 0) is 18.9 Å². The summed E-state index contributed by atoms with van der Waals surface area (Å²) < 4.78 is 18.2. The van der Waals surface area contributed by atoms with E-state index in [9.17, 15) is 0 Å². The number of ether oxygens (including phenoxy) is 3. The molecule has 46 heavy (non-hydrogen) atoms. The Bertz CT molecular complexity index is 754. The first kappa shape index (κ1) is 42.8. The molecule has 0 aliphatic rings. The zero-order chi connectivity index (χ0) is 33.2. The van der Waals surface area contributed by atoms with Crippen molar-refractivity contribution in [2.45, 2.75) is 219 Å². The normalized spacial score (nSPS) is 12.1. The molecule has 0 saturated carbocycles. The van der Waals surface area contributed by atoms with Crippen molar-refractivity contribution in [2.75, 3.05) is 13.7 Å². The Balaban J connectivity index is 2.10. The van der Waals surface area contributed by atoms with Crippen molar-refractivity contribution in [1.29, 1.82) is 0 Å². The first-order valence-corrected chi connectivity index (χ1v) is 20.4. The van der Waals surface area contributed by atoms with E-state index in [1.54, 1.807) is 7.11 Å². The lowest BCUT2D eigenvalue weighted by atomic mass is 10.0. The highest BCUT2D eigenvalue weighted by Crippen LogP contribution is 2.26. The van der Waals surface area contributed by atoms with Gasteiger partial charge in [0.25, 0.3) is 0 Å². The zero-order valence-corrected chi connectivity index (χ0v) is 31.2. The number of hydrogen-bond acceptors (Lipinski definition) is 4. The van der Waals surface area contributed by atoms with E-state index in [1.807, 2.05) is 18.2 Å². The van der Waals surface area contributed by atoms with Gasteiger partial charge in [0.05, 0.1) is 13.7 Å². The van der Waals surface area contributed by atoms with Crippen molar-refractivity contribution in [1.82, 2.24) is 0 Å². The maximum atomic E-state index is 6.33. The molecule has 270 valence electrons. The molecule has 1 unspecified atom stereocenters. The molecule has 0 heterocycles. The van der Waals surface area contributed by atoms with Crippen LogP contribution in [0.1, 0.15) is 212 Å². The van der Waals surface area contributed by atoms with E-state index >= 15 is 0 Å². The van der Waals surface area contributed by atoms with E-state index in [0.29, 0.717) is 6.54 Å². The number of rotatable bonds is 36. The fourth-order valence-electron chi connectivity index (χ4n) is 6.49. The van der Waals surface area contributed by atoms with Crippen LogP contribution < -0.4 is 15.2 Å². The summed E-state index contributed by atoms with van der Waals surface area (Å²) in [6.07, 6.45) is 40.8. The molecule has 1 aromatic rings. The van der Waals surface area contributed by atoms with Crippen molar-refractivity contribution in [3.8, 4) is 11.5 Å². The molecule has 2 N–H and O–H groups in total. The highest BCUT2D eigenvalue weighted by atomic mass is 16.7. The molecule has 1 aromatic carbocycles. The molecule has 0 saturated heterocycles. The highest BCUT2D eigenvalue weighted by Gasteiger charge is 2.13. The molecule has 0 aromatic heterocycles. The molecule has 4 nitrogen and oxygen atoms in total. The van der Waals surface area contributed by atoms with Crippen LogP contribution in [0.15, 0.2) is 18.2 Å². The summed E-state index contributed by atoms with van der Waals surface area (Å²) in [5.74, 6) is 1.59. The van der Waals surface area contributed by atoms with Crippen molar-refractivity contribution >= 4 is 0 Å². The molecule has 0 spiro atoms. The van der Waals surface area contributed by atoms with Crippen LogP contribution in [0.25, 0.3) is 0 Å². The average Bonchev–Trinajstić information content (AvgIpc) is 3.07. The van der Waals surface area contributed by atoms with Gasteiger partial charge in [-0.3, -0.25) is 0 Å². The third-order valence-electron chi connectivity index (χ3n) is 9.59. The second-order valence-corrected chi connectivity index (χ2v) is 13.9. The minimum Gasteiger partial charge on any atom is -0.496 e. The van der Waals surface area contributed by atoms with Crippen LogP contribution in [-0.4, -0.2) is 20.0 Å². The molecule has 0 radical (unpaired) electrons. The lowest BCUT2D eigenvalue weighted by Crippen LogP contribution is -2.21. The Hall–Kier alpha value is -1.26. The van der Waals surface area contributed by atoms with Crippen LogP contribution in [0.4, 0.5) is 0 Å². The molecular formula is C42H79NO3. The van der Waals surface area contributed by atoms with Crippen LogP contribution in [0.5, 0.6) is 11.5 Å². The number of hydrogen-bond donors (Lipinski definition) is 1. The van der Waals surface area contributed by atoms with Gasteiger partial charge in [-0.25, -0.2) is 0 Å². The third-order valence-corrected chi connectivity index (χ3v) is 9.59. The lowest BCUT2D eigenvalue weighted by molar-refractivity contribution is -0.0866. The number of nitrogens with two attached hydrogens (primary N) is 1.